The van der Waals surface area contributed by atoms with Crippen LogP contribution in [0.1, 0.15) is 20.8 Å². The second-order valence-electron chi connectivity index (χ2n) is 12.4. The van der Waals surface area contributed by atoms with Crippen LogP contribution in [0.5, 0.6) is 0 Å². The molecular formula is C39H46N3O3PPdS. The van der Waals surface area contributed by atoms with Crippen molar-refractivity contribution in [3.8, 4) is 22.3 Å². The van der Waals surface area contributed by atoms with E-state index in [-0.39, 0.29) is 25.6 Å². The molecule has 0 radical (unpaired) electrons. The van der Waals surface area contributed by atoms with Crippen molar-refractivity contribution >= 4 is 45.7 Å². The number of nitrogens with two attached hydrogens (primary N) is 1. The van der Waals surface area contributed by atoms with Crippen molar-refractivity contribution in [3.63, 3.8) is 0 Å². The van der Waals surface area contributed by atoms with Crippen molar-refractivity contribution in [2.75, 3.05) is 50.0 Å². The van der Waals surface area contributed by atoms with Crippen LogP contribution in [-0.2, 0) is 30.5 Å². The minimum absolute atomic E-state index is 0. The third kappa shape index (κ3) is 11.9. The van der Waals surface area contributed by atoms with Gasteiger partial charge in [0.1, 0.15) is 0 Å². The molecule has 9 heteroatoms. The van der Waals surface area contributed by atoms with Gasteiger partial charge in [-0.25, -0.2) is 8.42 Å². The summed E-state index contributed by atoms with van der Waals surface area (Å²) >= 11 is 0. The Hall–Kier alpha value is -3.50. The fourth-order valence-corrected chi connectivity index (χ4v) is 8.11. The molecule has 0 spiro atoms. The summed E-state index contributed by atoms with van der Waals surface area (Å²) in [5.41, 5.74) is 13.9. The molecule has 0 heterocycles. The Labute approximate surface area is 303 Å². The first kappa shape index (κ1) is 40.7. The zero-order chi connectivity index (χ0) is 34.8. The Morgan fingerprint density at radius 2 is 1.17 bits per heavy atom. The quantitative estimate of drug-likeness (QED) is 0.0629. The molecule has 0 bridgehead atoms. The predicted octanol–water partition coefficient (Wildman–Crippen LogP) is 7.61. The summed E-state index contributed by atoms with van der Waals surface area (Å²) in [6.07, 6.45) is 0.604. The van der Waals surface area contributed by atoms with Gasteiger partial charge < -0.3 is 20.1 Å². The summed E-state index contributed by atoms with van der Waals surface area (Å²) in [7, 11) is 4.07. The number of hydrogen-bond acceptors (Lipinski definition) is 6. The molecule has 5 rings (SSSR count). The van der Waals surface area contributed by atoms with E-state index in [1.807, 2.05) is 48.5 Å². The zero-order valence-electron chi connectivity index (χ0n) is 28.9. The van der Waals surface area contributed by atoms with Crippen LogP contribution in [0.4, 0.5) is 17.1 Å². The second kappa shape index (κ2) is 18.3. The van der Waals surface area contributed by atoms with Crippen molar-refractivity contribution < 1.29 is 33.4 Å². The number of nitrogens with zero attached hydrogens (tertiary/aromatic N) is 2. The predicted molar refractivity (Wildman–Crippen MR) is 204 cm³/mol. The molecule has 48 heavy (non-hydrogen) atoms. The average Bonchev–Trinajstić information content (AvgIpc) is 3.01. The monoisotopic (exact) mass is 773 g/mol. The second-order valence-corrected chi connectivity index (χ2v) is 16.8. The number of rotatable bonds is 6. The summed E-state index contributed by atoms with van der Waals surface area (Å²) in [4.78, 5) is 4.45. The van der Waals surface area contributed by atoms with Crippen LogP contribution in [0.25, 0.3) is 22.3 Å². The Kier molecular flexibility index (Phi) is 15.5. The molecule has 0 aliphatic rings. The fourth-order valence-electron chi connectivity index (χ4n) is 5.20. The van der Waals surface area contributed by atoms with Crippen LogP contribution in [-0.4, -0.2) is 52.6 Å². The first-order valence-corrected chi connectivity index (χ1v) is 18.4. The smallest absolute Gasteiger partial charge is 0.748 e. The molecule has 0 aliphatic carbocycles. The van der Waals surface area contributed by atoms with Gasteiger partial charge >= 0.3 is 20.4 Å². The molecule has 0 saturated carbocycles. The number of nitrogen functional groups attached to an aromatic ring is 1. The Morgan fingerprint density at radius 1 is 0.688 bits per heavy atom. The van der Waals surface area contributed by atoms with Crippen LogP contribution in [0, 0.1) is 6.07 Å². The van der Waals surface area contributed by atoms with Gasteiger partial charge in [0.05, 0.1) is 10.1 Å². The number of benzene rings is 5. The maximum atomic E-state index is 9.08. The van der Waals surface area contributed by atoms with Gasteiger partial charge in [-0.2, -0.15) is 0 Å². The average molecular weight is 774 g/mol. The van der Waals surface area contributed by atoms with E-state index in [4.69, 9.17) is 18.7 Å². The van der Waals surface area contributed by atoms with E-state index in [1.165, 1.54) is 33.1 Å². The SMILES string of the molecule is CN(C)c1cccc(N(C)C)c1-c1ccccc1P(c1ccccc1)C(C)(C)C.CS(=O)(=O)[O-].Nc1ccccc1-c1[c-]cccc1.[Pd+2]. The maximum Gasteiger partial charge on any atom is 2.00 e. The molecule has 5 aromatic rings. The molecule has 6 nitrogen and oxygen atoms in total. The minimum Gasteiger partial charge on any atom is -0.748 e. The number of hydrogen-bond donors (Lipinski definition) is 1. The van der Waals surface area contributed by atoms with E-state index in [0.29, 0.717) is 6.26 Å². The number of para-hydroxylation sites is 1. The van der Waals surface area contributed by atoms with Gasteiger partial charge in [-0.1, -0.05) is 105 Å². The van der Waals surface area contributed by atoms with Crippen molar-refractivity contribution in [1.82, 2.24) is 0 Å². The van der Waals surface area contributed by atoms with Crippen LogP contribution in [0.15, 0.2) is 121 Å². The van der Waals surface area contributed by atoms with Crippen molar-refractivity contribution in [3.05, 3.63) is 127 Å². The van der Waals surface area contributed by atoms with E-state index in [9.17, 15) is 0 Å². The summed E-state index contributed by atoms with van der Waals surface area (Å²) in [5.74, 6) is 0. The molecule has 5 aromatic carbocycles. The third-order valence-electron chi connectivity index (χ3n) is 7.04. The van der Waals surface area contributed by atoms with Gasteiger partial charge in [0, 0.05) is 51.4 Å². The first-order chi connectivity index (χ1) is 22.1. The van der Waals surface area contributed by atoms with Crippen LogP contribution in [0.3, 0.4) is 0 Å². The summed E-state index contributed by atoms with van der Waals surface area (Å²) < 4.78 is 27.2. The molecule has 0 amide bonds. The molecule has 0 aliphatic heterocycles. The summed E-state index contributed by atoms with van der Waals surface area (Å²) in [6.45, 7) is 7.10. The Bertz CT molecular complexity index is 1790. The molecule has 256 valence electrons. The first-order valence-electron chi connectivity index (χ1n) is 15.2. The standard InChI is InChI=1S/C26H33N2P.C12H10N.CH4O3S.Pd/c1-26(2,3)29(20-14-9-8-10-15-20)24-19-12-11-16-21(24)25-22(27(4)5)17-13-18-23(25)28(6)7;13-12-9-5-4-8-11(12)10-6-2-1-3-7-10;1-5(2,3)4;/h8-19H,1-7H3;1-6,8-9H,13H2;1H3,(H,2,3,4);/q;-1;;+2/p-1. The maximum absolute atomic E-state index is 9.08. The van der Waals surface area contributed by atoms with Gasteiger partial charge in [0.25, 0.3) is 0 Å². The van der Waals surface area contributed by atoms with Crippen molar-refractivity contribution in [1.29, 1.82) is 0 Å². The topological polar surface area (TPSA) is 89.7 Å². The molecular weight excluding hydrogens is 728 g/mol. The van der Waals surface area contributed by atoms with Gasteiger partial charge in [-0.15, -0.1) is 35.9 Å². The third-order valence-corrected chi connectivity index (χ3v) is 10.1. The molecule has 2 N–H and O–H groups in total. The van der Waals surface area contributed by atoms with E-state index < -0.39 is 18.0 Å². The normalized spacial score (nSPS) is 11.4. The van der Waals surface area contributed by atoms with Gasteiger partial charge in [-0.05, 0) is 53.1 Å². The van der Waals surface area contributed by atoms with Crippen molar-refractivity contribution in [2.45, 2.75) is 25.9 Å². The fraction of sp³-hybridized carbons (Fsp3) is 0.231. The zero-order valence-corrected chi connectivity index (χ0v) is 32.2. The summed E-state index contributed by atoms with van der Waals surface area (Å²) in [6, 6.07) is 45.4. The van der Waals surface area contributed by atoms with E-state index in [2.05, 4.69) is 138 Å². The Morgan fingerprint density at radius 3 is 1.65 bits per heavy atom. The van der Waals surface area contributed by atoms with Crippen molar-refractivity contribution in [2.24, 2.45) is 0 Å². The molecule has 0 aromatic heterocycles. The van der Waals surface area contributed by atoms with Gasteiger partial charge in [0.15, 0.2) is 0 Å². The van der Waals surface area contributed by atoms with Crippen LogP contribution in [0.2, 0.25) is 0 Å². The van der Waals surface area contributed by atoms with Gasteiger partial charge in [-0.3, -0.25) is 0 Å². The van der Waals surface area contributed by atoms with E-state index >= 15 is 0 Å². The molecule has 1 atom stereocenters. The largest absolute Gasteiger partial charge is 2.00 e. The minimum atomic E-state index is -3.92. The van der Waals surface area contributed by atoms with E-state index in [1.54, 1.807) is 0 Å². The van der Waals surface area contributed by atoms with E-state index in [0.717, 1.165) is 16.8 Å². The molecule has 0 fully saturated rings. The molecule has 0 saturated heterocycles. The van der Waals surface area contributed by atoms with Crippen LogP contribution < -0.4 is 26.1 Å². The number of anilines is 3. The molecule has 1 unspecified atom stereocenters. The van der Waals surface area contributed by atoms with Crippen LogP contribution >= 0.6 is 7.92 Å². The van der Waals surface area contributed by atoms with Gasteiger partial charge in [0.2, 0.25) is 0 Å². The summed E-state index contributed by atoms with van der Waals surface area (Å²) in [5, 5.41) is 3.02. The Balaban J connectivity index is 0.000000347.